The summed E-state index contributed by atoms with van der Waals surface area (Å²) in [7, 11) is -2.02. The average molecular weight is 298 g/mol. The Labute approximate surface area is 118 Å². The highest BCUT2D eigenvalue weighted by Crippen LogP contribution is 2.39. The molecule has 1 saturated heterocycles. The Morgan fingerprint density at radius 3 is 2.40 bits per heavy atom. The molecule has 3 rings (SSSR count). The van der Waals surface area contributed by atoms with Gasteiger partial charge in [-0.3, -0.25) is 0 Å². The van der Waals surface area contributed by atoms with Gasteiger partial charge in [-0.05, 0) is 30.7 Å². The summed E-state index contributed by atoms with van der Waals surface area (Å²) < 4.78 is 28.0. The van der Waals surface area contributed by atoms with Crippen LogP contribution in [0.2, 0.25) is 0 Å². The second kappa shape index (κ2) is 4.60. The quantitative estimate of drug-likeness (QED) is 0.907. The second-order valence-corrected chi connectivity index (χ2v) is 7.69. The van der Waals surface area contributed by atoms with Gasteiger partial charge in [0.2, 0.25) is 10.0 Å². The Hall–Kier alpha value is -1.34. The van der Waals surface area contributed by atoms with Crippen LogP contribution < -0.4 is 0 Å². The van der Waals surface area contributed by atoms with Crippen LogP contribution >= 0.6 is 0 Å². The lowest BCUT2D eigenvalue weighted by molar-refractivity contribution is 0.0686. The van der Waals surface area contributed by atoms with Crippen LogP contribution in [-0.2, 0) is 17.1 Å². The lowest BCUT2D eigenvalue weighted by Gasteiger charge is -2.16. The van der Waals surface area contributed by atoms with E-state index in [0.29, 0.717) is 24.9 Å². The van der Waals surface area contributed by atoms with Crippen LogP contribution in [0, 0.1) is 11.8 Å². The number of aromatic carboxylic acids is 1. The summed E-state index contributed by atoms with van der Waals surface area (Å²) in [6.45, 7) is 1.15. The molecule has 1 aromatic heterocycles. The minimum Gasteiger partial charge on any atom is -0.477 e. The van der Waals surface area contributed by atoms with Crippen molar-refractivity contribution in [2.45, 2.75) is 24.2 Å². The second-order valence-electron chi connectivity index (χ2n) is 5.75. The third-order valence-electron chi connectivity index (χ3n) is 4.53. The summed E-state index contributed by atoms with van der Waals surface area (Å²) in [5.74, 6) is -0.160. The Bertz CT molecular complexity index is 637. The van der Waals surface area contributed by atoms with Crippen LogP contribution in [0.5, 0.6) is 0 Å². The predicted octanol–water partition coefficient (Wildman–Crippen LogP) is 1.14. The summed E-state index contributed by atoms with van der Waals surface area (Å²) in [6, 6.07) is 1.24. The highest BCUT2D eigenvalue weighted by atomic mass is 32.2. The maximum absolute atomic E-state index is 12.6. The van der Waals surface area contributed by atoms with Crippen molar-refractivity contribution in [2.24, 2.45) is 18.9 Å². The van der Waals surface area contributed by atoms with Crippen molar-refractivity contribution in [3.63, 3.8) is 0 Å². The third-order valence-corrected chi connectivity index (χ3v) is 6.33. The van der Waals surface area contributed by atoms with Crippen LogP contribution in [0.15, 0.2) is 17.2 Å². The Morgan fingerprint density at radius 1 is 1.30 bits per heavy atom. The fraction of sp³-hybridized carbons (Fsp3) is 0.615. The smallest absolute Gasteiger partial charge is 0.352 e. The van der Waals surface area contributed by atoms with Gasteiger partial charge in [-0.25, -0.2) is 13.2 Å². The SMILES string of the molecule is Cn1cc(S(=O)(=O)N2C[C@@H]3CCC[C@H]3C2)cc1C(=O)O. The molecule has 2 aliphatic rings. The van der Waals surface area contributed by atoms with Gasteiger partial charge in [0.15, 0.2) is 0 Å². The molecule has 20 heavy (non-hydrogen) atoms. The number of aromatic nitrogens is 1. The van der Waals surface area contributed by atoms with Crippen LogP contribution in [0.1, 0.15) is 29.8 Å². The van der Waals surface area contributed by atoms with Crippen LogP contribution in [0.25, 0.3) is 0 Å². The molecular weight excluding hydrogens is 280 g/mol. The van der Waals surface area contributed by atoms with Gasteiger partial charge >= 0.3 is 5.97 Å². The van der Waals surface area contributed by atoms with Crippen molar-refractivity contribution in [2.75, 3.05) is 13.1 Å². The maximum Gasteiger partial charge on any atom is 0.352 e. The number of fused-ring (bicyclic) bond motifs is 1. The number of aryl methyl sites for hydroxylation is 1. The zero-order valence-electron chi connectivity index (χ0n) is 11.3. The zero-order valence-corrected chi connectivity index (χ0v) is 12.1. The van der Waals surface area contributed by atoms with Gasteiger partial charge in [-0.1, -0.05) is 6.42 Å². The van der Waals surface area contributed by atoms with Gasteiger partial charge in [-0.15, -0.1) is 0 Å². The average Bonchev–Trinajstić information content (AvgIpc) is 3.00. The van der Waals surface area contributed by atoms with Gasteiger partial charge in [0.05, 0.1) is 0 Å². The van der Waals surface area contributed by atoms with E-state index in [-0.39, 0.29) is 10.6 Å². The van der Waals surface area contributed by atoms with E-state index in [9.17, 15) is 13.2 Å². The van der Waals surface area contributed by atoms with Crippen LogP contribution in [0.3, 0.4) is 0 Å². The highest BCUT2D eigenvalue weighted by Gasteiger charge is 2.41. The molecule has 2 fully saturated rings. The number of carbonyl (C=O) groups is 1. The molecule has 0 bridgehead atoms. The molecule has 6 nitrogen and oxygen atoms in total. The topological polar surface area (TPSA) is 79.6 Å². The van der Waals surface area contributed by atoms with E-state index in [1.165, 1.54) is 27.6 Å². The molecular formula is C13H18N2O4S. The summed E-state index contributed by atoms with van der Waals surface area (Å²) in [5, 5.41) is 9.01. The lowest BCUT2D eigenvalue weighted by Crippen LogP contribution is -2.29. The van der Waals surface area contributed by atoms with Gasteiger partial charge in [-0.2, -0.15) is 4.31 Å². The van der Waals surface area contributed by atoms with Crippen molar-refractivity contribution >= 4 is 16.0 Å². The van der Waals surface area contributed by atoms with E-state index in [4.69, 9.17) is 5.11 Å². The van der Waals surface area contributed by atoms with Crippen molar-refractivity contribution in [1.82, 2.24) is 8.87 Å². The number of nitrogens with zero attached hydrogens (tertiary/aromatic N) is 2. The van der Waals surface area contributed by atoms with Crippen LogP contribution in [0.4, 0.5) is 0 Å². The first kappa shape index (κ1) is 13.6. The number of hydrogen-bond acceptors (Lipinski definition) is 3. The Kier molecular flexibility index (Phi) is 3.13. The molecule has 7 heteroatoms. The van der Waals surface area contributed by atoms with Crippen molar-refractivity contribution in [1.29, 1.82) is 0 Å². The highest BCUT2D eigenvalue weighted by molar-refractivity contribution is 7.89. The first-order chi connectivity index (χ1) is 9.39. The largest absolute Gasteiger partial charge is 0.477 e. The summed E-state index contributed by atoms with van der Waals surface area (Å²) in [5.41, 5.74) is -0.0111. The van der Waals surface area contributed by atoms with E-state index < -0.39 is 16.0 Å². The Morgan fingerprint density at radius 2 is 1.90 bits per heavy atom. The van der Waals surface area contributed by atoms with Crippen molar-refractivity contribution < 1.29 is 18.3 Å². The maximum atomic E-state index is 12.6. The van der Waals surface area contributed by atoms with E-state index in [1.807, 2.05) is 0 Å². The standard InChI is InChI=1S/C13H18N2O4S/c1-14-8-11(5-12(14)13(16)17)20(18,19)15-6-9-3-2-4-10(9)7-15/h5,8-10H,2-4,6-7H2,1H3,(H,16,17)/t9-,10-/m0/s1. The zero-order chi connectivity index (χ0) is 14.5. The molecule has 110 valence electrons. The predicted molar refractivity (Wildman–Crippen MR) is 72.0 cm³/mol. The molecule has 1 aliphatic heterocycles. The third kappa shape index (κ3) is 2.05. The molecule has 2 atom stereocenters. The fourth-order valence-electron chi connectivity index (χ4n) is 3.43. The molecule has 0 radical (unpaired) electrons. The number of carboxylic acids is 1. The molecule has 1 N–H and O–H groups in total. The van der Waals surface area contributed by atoms with Gasteiger partial charge in [0.25, 0.3) is 0 Å². The lowest BCUT2D eigenvalue weighted by atomic mass is 10.0. The summed E-state index contributed by atoms with van der Waals surface area (Å²) in [6.07, 6.45) is 4.78. The molecule has 1 aliphatic carbocycles. The number of carboxylic acid groups (broad SMARTS) is 1. The first-order valence-electron chi connectivity index (χ1n) is 6.79. The number of hydrogen-bond donors (Lipinski definition) is 1. The van der Waals surface area contributed by atoms with Gasteiger partial charge in [0.1, 0.15) is 10.6 Å². The van der Waals surface area contributed by atoms with E-state index in [2.05, 4.69) is 0 Å². The summed E-state index contributed by atoms with van der Waals surface area (Å²) in [4.78, 5) is 11.1. The molecule has 0 aromatic carbocycles. The minimum atomic E-state index is -3.57. The fourth-order valence-corrected chi connectivity index (χ4v) is 5.05. The van der Waals surface area contributed by atoms with E-state index in [0.717, 1.165) is 12.8 Å². The molecule has 2 heterocycles. The van der Waals surface area contributed by atoms with E-state index in [1.54, 1.807) is 7.05 Å². The summed E-state index contributed by atoms with van der Waals surface area (Å²) >= 11 is 0. The molecule has 0 spiro atoms. The normalized spacial score (nSPS) is 26.9. The van der Waals surface area contributed by atoms with E-state index >= 15 is 0 Å². The molecule has 1 aromatic rings. The number of rotatable bonds is 3. The molecule has 0 unspecified atom stereocenters. The first-order valence-corrected chi connectivity index (χ1v) is 8.23. The minimum absolute atomic E-state index is 0.0111. The Balaban J connectivity index is 1.89. The van der Waals surface area contributed by atoms with Crippen LogP contribution in [-0.4, -0.2) is 41.5 Å². The number of sulfonamides is 1. The van der Waals surface area contributed by atoms with Gasteiger partial charge < -0.3 is 9.67 Å². The van der Waals surface area contributed by atoms with Crippen molar-refractivity contribution in [3.05, 3.63) is 18.0 Å². The molecule has 0 amide bonds. The monoisotopic (exact) mass is 298 g/mol. The van der Waals surface area contributed by atoms with Crippen molar-refractivity contribution in [3.8, 4) is 0 Å². The van der Waals surface area contributed by atoms with Gasteiger partial charge in [0, 0.05) is 26.3 Å². The molecule has 1 saturated carbocycles.